The third kappa shape index (κ3) is 4.93. The van der Waals surface area contributed by atoms with E-state index in [0.29, 0.717) is 6.61 Å². The number of hydrogen-bond donors (Lipinski definition) is 1. The molecule has 0 saturated carbocycles. The number of halogens is 1. The normalized spacial score (nSPS) is 9.81. The van der Waals surface area contributed by atoms with Crippen molar-refractivity contribution >= 4 is 15.9 Å². The van der Waals surface area contributed by atoms with Crippen LogP contribution in [0.2, 0.25) is 0 Å². The van der Waals surface area contributed by atoms with Gasteiger partial charge >= 0.3 is 0 Å². The third-order valence-electron chi connectivity index (χ3n) is 2.91. The Morgan fingerprint density at radius 1 is 1.10 bits per heavy atom. The third-order valence-corrected chi connectivity index (χ3v) is 3.53. The van der Waals surface area contributed by atoms with E-state index < -0.39 is 0 Å². The molecular weight excluding hydrogens is 326 g/mol. The van der Waals surface area contributed by atoms with Crippen LogP contribution in [0.15, 0.2) is 53.0 Å². The van der Waals surface area contributed by atoms with Crippen molar-refractivity contribution in [2.45, 2.75) is 13.5 Å². The number of benzene rings is 2. The van der Waals surface area contributed by atoms with Gasteiger partial charge in [-0.3, -0.25) is 0 Å². The Balaban J connectivity index is 2.01. The highest BCUT2D eigenvalue weighted by molar-refractivity contribution is 9.10. The van der Waals surface area contributed by atoms with Crippen LogP contribution >= 0.6 is 15.9 Å². The highest BCUT2D eigenvalue weighted by Gasteiger charge is 2.06. The first-order valence-electron chi connectivity index (χ1n) is 6.96. The molecule has 0 fully saturated rings. The Hall–Kier alpha value is -1.76. The summed E-state index contributed by atoms with van der Waals surface area (Å²) in [5.74, 6) is 7.00. The predicted octanol–water partition coefficient (Wildman–Crippen LogP) is 3.99. The van der Waals surface area contributed by atoms with E-state index >= 15 is 0 Å². The molecule has 0 aromatic heterocycles. The van der Waals surface area contributed by atoms with Crippen molar-refractivity contribution in [2.24, 2.45) is 0 Å². The summed E-state index contributed by atoms with van der Waals surface area (Å²) in [5, 5.41) is 3.31. The maximum Gasteiger partial charge on any atom is 0.149 e. The van der Waals surface area contributed by atoms with Crippen molar-refractivity contribution in [2.75, 3.05) is 13.2 Å². The van der Waals surface area contributed by atoms with Gasteiger partial charge in [-0.05, 0) is 40.7 Å². The van der Waals surface area contributed by atoms with Gasteiger partial charge in [0, 0.05) is 17.7 Å². The summed E-state index contributed by atoms with van der Waals surface area (Å²) in [4.78, 5) is 0. The fourth-order valence-corrected chi connectivity index (χ4v) is 2.40. The minimum absolute atomic E-state index is 0.372. The van der Waals surface area contributed by atoms with Crippen molar-refractivity contribution in [3.63, 3.8) is 0 Å². The van der Waals surface area contributed by atoms with Crippen molar-refractivity contribution in [1.82, 2.24) is 5.32 Å². The van der Waals surface area contributed by atoms with Gasteiger partial charge in [-0.15, -0.1) is 0 Å². The average Bonchev–Trinajstić information content (AvgIpc) is 2.52. The molecule has 2 aromatic carbocycles. The Morgan fingerprint density at radius 2 is 1.90 bits per heavy atom. The SMILES string of the molecule is CCNCc1cccc(Br)c1OCC#Cc1ccccc1. The lowest BCUT2D eigenvalue weighted by Crippen LogP contribution is -2.13. The van der Waals surface area contributed by atoms with Gasteiger partial charge in [-0.2, -0.15) is 0 Å². The summed E-state index contributed by atoms with van der Waals surface area (Å²) in [5.41, 5.74) is 2.13. The van der Waals surface area contributed by atoms with Crippen LogP contribution in [0.1, 0.15) is 18.1 Å². The van der Waals surface area contributed by atoms with Crippen LogP contribution in [0.4, 0.5) is 0 Å². The molecule has 0 saturated heterocycles. The summed E-state index contributed by atoms with van der Waals surface area (Å²) < 4.78 is 6.78. The zero-order chi connectivity index (χ0) is 14.9. The fraction of sp³-hybridized carbons (Fsp3) is 0.222. The van der Waals surface area contributed by atoms with Crippen LogP contribution in [0, 0.1) is 11.8 Å². The molecule has 3 heteroatoms. The molecule has 0 atom stereocenters. The van der Waals surface area contributed by atoms with E-state index in [1.54, 1.807) is 0 Å². The van der Waals surface area contributed by atoms with Gasteiger partial charge in [-0.1, -0.05) is 49.1 Å². The van der Waals surface area contributed by atoms with Gasteiger partial charge in [-0.25, -0.2) is 0 Å². The molecule has 0 unspecified atom stereocenters. The standard InChI is InChI=1S/C18H18BrNO/c1-2-20-14-16-11-6-12-17(19)18(16)21-13-7-10-15-8-4-3-5-9-15/h3-6,8-9,11-12,20H,2,13-14H2,1H3. The topological polar surface area (TPSA) is 21.3 Å². The summed E-state index contributed by atoms with van der Waals surface area (Å²) in [6, 6.07) is 16.0. The number of rotatable bonds is 5. The van der Waals surface area contributed by atoms with Crippen molar-refractivity contribution in [1.29, 1.82) is 0 Å². The lowest BCUT2D eigenvalue weighted by molar-refractivity contribution is 0.362. The Kier molecular flexibility index (Phi) is 6.33. The average molecular weight is 344 g/mol. The van der Waals surface area contributed by atoms with Gasteiger partial charge in [0.2, 0.25) is 0 Å². The van der Waals surface area contributed by atoms with Crippen LogP contribution in [0.25, 0.3) is 0 Å². The van der Waals surface area contributed by atoms with Gasteiger partial charge in [0.1, 0.15) is 12.4 Å². The van der Waals surface area contributed by atoms with E-state index in [0.717, 1.165) is 34.4 Å². The molecule has 0 bridgehead atoms. The molecule has 0 amide bonds. The minimum Gasteiger partial charge on any atom is -0.479 e. The predicted molar refractivity (Wildman–Crippen MR) is 90.3 cm³/mol. The highest BCUT2D eigenvalue weighted by Crippen LogP contribution is 2.28. The van der Waals surface area contributed by atoms with Crippen LogP contribution in [-0.2, 0) is 6.54 Å². The van der Waals surface area contributed by atoms with E-state index in [9.17, 15) is 0 Å². The summed E-state index contributed by atoms with van der Waals surface area (Å²) in [7, 11) is 0. The molecule has 0 radical (unpaired) electrons. The molecule has 21 heavy (non-hydrogen) atoms. The summed E-state index contributed by atoms with van der Waals surface area (Å²) in [6.45, 7) is 4.18. The monoisotopic (exact) mass is 343 g/mol. The molecular formula is C18H18BrNO. The maximum absolute atomic E-state index is 5.83. The molecule has 2 aromatic rings. The molecule has 0 aliphatic rings. The number of hydrogen-bond acceptors (Lipinski definition) is 2. The molecule has 0 aliphatic heterocycles. The van der Waals surface area contributed by atoms with E-state index in [4.69, 9.17) is 4.74 Å². The largest absolute Gasteiger partial charge is 0.479 e. The molecule has 1 N–H and O–H groups in total. The van der Waals surface area contributed by atoms with E-state index in [-0.39, 0.29) is 0 Å². The number of para-hydroxylation sites is 1. The molecule has 2 nitrogen and oxygen atoms in total. The second-order valence-electron chi connectivity index (χ2n) is 4.46. The van der Waals surface area contributed by atoms with Gasteiger partial charge in [0.25, 0.3) is 0 Å². The number of nitrogens with one attached hydrogen (secondary N) is 1. The lowest BCUT2D eigenvalue weighted by Gasteiger charge is -2.11. The molecule has 0 heterocycles. The van der Waals surface area contributed by atoms with Crippen LogP contribution in [0.3, 0.4) is 0 Å². The van der Waals surface area contributed by atoms with E-state index in [2.05, 4.69) is 46.1 Å². The van der Waals surface area contributed by atoms with Crippen LogP contribution in [-0.4, -0.2) is 13.2 Å². The van der Waals surface area contributed by atoms with E-state index in [1.165, 1.54) is 0 Å². The van der Waals surface area contributed by atoms with Crippen LogP contribution in [0.5, 0.6) is 5.75 Å². The first-order chi connectivity index (χ1) is 10.3. The summed E-state index contributed by atoms with van der Waals surface area (Å²) in [6.07, 6.45) is 0. The second kappa shape index (κ2) is 8.51. The van der Waals surface area contributed by atoms with Gasteiger partial charge < -0.3 is 10.1 Å². The number of ether oxygens (including phenoxy) is 1. The minimum atomic E-state index is 0.372. The van der Waals surface area contributed by atoms with E-state index in [1.807, 2.05) is 42.5 Å². The molecule has 108 valence electrons. The Morgan fingerprint density at radius 3 is 2.67 bits per heavy atom. The smallest absolute Gasteiger partial charge is 0.149 e. The second-order valence-corrected chi connectivity index (χ2v) is 5.32. The van der Waals surface area contributed by atoms with Crippen molar-refractivity contribution in [3.8, 4) is 17.6 Å². The molecule has 0 aliphatic carbocycles. The van der Waals surface area contributed by atoms with Crippen LogP contribution < -0.4 is 10.1 Å². The maximum atomic E-state index is 5.83. The Labute approximate surface area is 134 Å². The highest BCUT2D eigenvalue weighted by atomic mass is 79.9. The zero-order valence-electron chi connectivity index (χ0n) is 12.0. The summed E-state index contributed by atoms with van der Waals surface area (Å²) >= 11 is 3.54. The van der Waals surface area contributed by atoms with Gasteiger partial charge in [0.15, 0.2) is 0 Å². The zero-order valence-corrected chi connectivity index (χ0v) is 13.6. The fourth-order valence-electron chi connectivity index (χ4n) is 1.88. The lowest BCUT2D eigenvalue weighted by atomic mass is 10.2. The van der Waals surface area contributed by atoms with Crippen molar-refractivity contribution in [3.05, 3.63) is 64.1 Å². The first-order valence-corrected chi connectivity index (χ1v) is 7.75. The Bertz CT molecular complexity index is 629. The molecule has 2 rings (SSSR count). The molecule has 0 spiro atoms. The van der Waals surface area contributed by atoms with Gasteiger partial charge in [0.05, 0.1) is 4.47 Å². The quantitative estimate of drug-likeness (QED) is 0.828. The first kappa shape index (κ1) is 15.6. The van der Waals surface area contributed by atoms with Crippen molar-refractivity contribution < 1.29 is 4.74 Å².